The summed E-state index contributed by atoms with van der Waals surface area (Å²) in [7, 11) is 0. The van der Waals surface area contributed by atoms with Gasteiger partial charge in [0, 0.05) is 18.6 Å². The number of ether oxygens (including phenoxy) is 3. The molecule has 124 valence electrons. The number of carbonyl (C=O) groups excluding carboxylic acids is 2. The highest BCUT2D eigenvalue weighted by molar-refractivity contribution is 7.80. The Bertz CT molecular complexity index is 473. The van der Waals surface area contributed by atoms with Crippen LogP contribution in [0.4, 0.5) is 0 Å². The first kappa shape index (κ1) is 20.6. The van der Waals surface area contributed by atoms with Crippen LogP contribution in [-0.4, -0.2) is 48.3 Å². The van der Waals surface area contributed by atoms with Crippen LogP contribution in [-0.2, 0) is 14.2 Å². The van der Waals surface area contributed by atoms with E-state index in [0.29, 0.717) is 26.1 Å². The van der Waals surface area contributed by atoms with Gasteiger partial charge in [0.2, 0.25) is 6.29 Å². The Kier molecular flexibility index (Phi) is 11.4. The second-order valence-corrected chi connectivity index (χ2v) is 4.92. The molecule has 7 nitrogen and oxygen atoms in total. The Balaban J connectivity index is 0.000000409. The first-order valence-corrected chi connectivity index (χ1v) is 7.89. The number of nitrogens with zero attached hydrogens (tertiary/aromatic N) is 1. The van der Waals surface area contributed by atoms with Crippen molar-refractivity contribution >= 4 is 40.8 Å². The number of thiazole rings is 1. The van der Waals surface area contributed by atoms with Crippen LogP contribution in [0, 0.1) is 0 Å². The van der Waals surface area contributed by atoms with Gasteiger partial charge in [-0.2, -0.15) is 0 Å². The van der Waals surface area contributed by atoms with E-state index in [2.05, 4.69) is 21.9 Å². The monoisotopic (exact) mass is 348 g/mol. The maximum Gasteiger partial charge on any atom is 0.357 e. The topological polar surface area (TPSA) is 101 Å². The number of thiocarbonyl (C=S) groups is 1. The number of aromatic nitrogens is 1. The molecule has 0 saturated carbocycles. The van der Waals surface area contributed by atoms with Crippen molar-refractivity contribution < 1.29 is 23.8 Å². The molecular formula is C13H20N2O5S2. The third kappa shape index (κ3) is 8.13. The summed E-state index contributed by atoms with van der Waals surface area (Å²) in [4.78, 5) is 25.2. The lowest BCUT2D eigenvalue weighted by Gasteiger charge is -2.14. The SMILES string of the molecule is CCOC(=O)c1csc(C=O)n1.CCOC(OCC)C(N)=S. The fraction of sp³-hybridized carbons (Fsp3) is 0.538. The number of esters is 1. The lowest BCUT2D eigenvalue weighted by Crippen LogP contribution is -2.32. The number of hydrogen-bond donors (Lipinski definition) is 1. The first-order chi connectivity index (χ1) is 10.5. The summed E-state index contributed by atoms with van der Waals surface area (Å²) in [5, 5.41) is 1.79. The molecule has 0 amide bonds. The first-order valence-electron chi connectivity index (χ1n) is 6.60. The molecule has 9 heteroatoms. The van der Waals surface area contributed by atoms with E-state index in [1.807, 2.05) is 13.8 Å². The zero-order valence-corrected chi connectivity index (χ0v) is 14.4. The summed E-state index contributed by atoms with van der Waals surface area (Å²) in [6.07, 6.45) is 0.0953. The second-order valence-electron chi connectivity index (χ2n) is 3.55. The normalized spacial score (nSPS) is 9.82. The average molecular weight is 348 g/mol. The average Bonchev–Trinajstić information content (AvgIpc) is 2.97. The quantitative estimate of drug-likeness (QED) is 0.328. The Labute approximate surface area is 138 Å². The molecule has 0 unspecified atom stereocenters. The van der Waals surface area contributed by atoms with Crippen molar-refractivity contribution in [3.05, 3.63) is 16.1 Å². The largest absolute Gasteiger partial charge is 0.461 e. The Morgan fingerprint density at radius 2 is 1.95 bits per heavy atom. The predicted octanol–water partition coefficient (Wildman–Crippen LogP) is 1.80. The molecule has 1 aromatic rings. The van der Waals surface area contributed by atoms with Crippen molar-refractivity contribution in [3.63, 3.8) is 0 Å². The third-order valence-electron chi connectivity index (χ3n) is 1.98. The predicted molar refractivity (Wildman–Crippen MR) is 87.3 cm³/mol. The summed E-state index contributed by atoms with van der Waals surface area (Å²) in [5.41, 5.74) is 5.49. The number of carbonyl (C=O) groups is 2. The molecule has 1 rings (SSSR count). The summed E-state index contributed by atoms with van der Waals surface area (Å²) < 4.78 is 14.8. The van der Waals surface area contributed by atoms with E-state index < -0.39 is 12.3 Å². The van der Waals surface area contributed by atoms with Crippen LogP contribution in [0.25, 0.3) is 0 Å². The van der Waals surface area contributed by atoms with Gasteiger partial charge in [0.15, 0.2) is 17.0 Å². The molecule has 0 aliphatic carbocycles. The Morgan fingerprint density at radius 1 is 1.36 bits per heavy atom. The molecule has 1 heterocycles. The van der Waals surface area contributed by atoms with Crippen molar-refractivity contribution in [2.75, 3.05) is 19.8 Å². The van der Waals surface area contributed by atoms with Crippen molar-refractivity contribution in [1.29, 1.82) is 0 Å². The van der Waals surface area contributed by atoms with Gasteiger partial charge in [0.25, 0.3) is 0 Å². The van der Waals surface area contributed by atoms with Gasteiger partial charge in [-0.1, -0.05) is 12.2 Å². The highest BCUT2D eigenvalue weighted by Crippen LogP contribution is 2.08. The molecule has 1 aromatic heterocycles. The standard InChI is InChI=1S/C7H7NO3S.C6H13NO2S/c1-2-11-7(10)5-4-12-6(3-9)8-5;1-3-8-6(5(7)10)9-4-2/h3-4H,2H2,1H3;6H,3-4H2,1-2H3,(H2,7,10). The van der Waals surface area contributed by atoms with E-state index >= 15 is 0 Å². The number of nitrogens with two attached hydrogens (primary N) is 1. The molecule has 0 bridgehead atoms. The minimum atomic E-state index is -0.509. The summed E-state index contributed by atoms with van der Waals surface area (Å²) in [6.45, 7) is 6.87. The molecule has 0 spiro atoms. The maximum absolute atomic E-state index is 11.0. The molecular weight excluding hydrogens is 328 g/mol. The van der Waals surface area contributed by atoms with E-state index in [-0.39, 0.29) is 15.7 Å². The van der Waals surface area contributed by atoms with Crippen LogP contribution in [0.1, 0.15) is 41.1 Å². The number of hydrogen-bond acceptors (Lipinski definition) is 8. The molecule has 0 aliphatic heterocycles. The van der Waals surface area contributed by atoms with Crippen LogP contribution in [0.5, 0.6) is 0 Å². The summed E-state index contributed by atoms with van der Waals surface area (Å²) >= 11 is 5.80. The minimum absolute atomic E-state index is 0.198. The molecule has 0 aromatic carbocycles. The van der Waals surface area contributed by atoms with Crippen LogP contribution in [0.15, 0.2) is 5.38 Å². The molecule has 0 saturated heterocycles. The molecule has 0 fully saturated rings. The highest BCUT2D eigenvalue weighted by Gasteiger charge is 2.10. The van der Waals surface area contributed by atoms with E-state index in [4.69, 9.17) is 15.2 Å². The summed E-state index contributed by atoms with van der Waals surface area (Å²) in [5.74, 6) is -0.484. The van der Waals surface area contributed by atoms with Crippen molar-refractivity contribution in [1.82, 2.24) is 4.98 Å². The fourth-order valence-electron chi connectivity index (χ4n) is 1.16. The fourth-order valence-corrected chi connectivity index (χ4v) is 1.88. The zero-order chi connectivity index (χ0) is 17.0. The van der Waals surface area contributed by atoms with Crippen LogP contribution in [0.2, 0.25) is 0 Å². The number of aldehydes is 1. The Hall–Kier alpha value is -1.42. The molecule has 0 radical (unpaired) electrons. The van der Waals surface area contributed by atoms with Crippen LogP contribution < -0.4 is 5.73 Å². The molecule has 22 heavy (non-hydrogen) atoms. The van der Waals surface area contributed by atoms with E-state index in [9.17, 15) is 9.59 Å². The second kappa shape index (κ2) is 12.2. The van der Waals surface area contributed by atoms with Gasteiger partial charge in [-0.25, -0.2) is 9.78 Å². The van der Waals surface area contributed by atoms with E-state index in [1.165, 1.54) is 5.38 Å². The van der Waals surface area contributed by atoms with Crippen molar-refractivity contribution in [2.45, 2.75) is 27.1 Å². The van der Waals surface area contributed by atoms with Crippen molar-refractivity contribution in [3.8, 4) is 0 Å². The maximum atomic E-state index is 11.0. The van der Waals surface area contributed by atoms with Crippen LogP contribution >= 0.6 is 23.6 Å². The lowest BCUT2D eigenvalue weighted by molar-refractivity contribution is -0.0890. The van der Waals surface area contributed by atoms with Gasteiger partial charge in [-0.15, -0.1) is 11.3 Å². The lowest BCUT2D eigenvalue weighted by atomic mass is 10.5. The Morgan fingerprint density at radius 3 is 2.32 bits per heavy atom. The molecule has 0 aliphatic rings. The van der Waals surface area contributed by atoms with Gasteiger partial charge in [-0.3, -0.25) is 4.79 Å². The van der Waals surface area contributed by atoms with E-state index in [1.54, 1.807) is 6.92 Å². The van der Waals surface area contributed by atoms with E-state index in [0.717, 1.165) is 11.3 Å². The van der Waals surface area contributed by atoms with Crippen LogP contribution in [0.3, 0.4) is 0 Å². The summed E-state index contributed by atoms with van der Waals surface area (Å²) in [6, 6.07) is 0. The molecule has 2 N–H and O–H groups in total. The van der Waals surface area contributed by atoms with Gasteiger partial charge < -0.3 is 19.9 Å². The zero-order valence-electron chi connectivity index (χ0n) is 12.7. The van der Waals surface area contributed by atoms with Gasteiger partial charge in [-0.05, 0) is 20.8 Å². The third-order valence-corrected chi connectivity index (χ3v) is 2.94. The van der Waals surface area contributed by atoms with Gasteiger partial charge >= 0.3 is 5.97 Å². The molecule has 0 atom stereocenters. The van der Waals surface area contributed by atoms with Crippen molar-refractivity contribution in [2.24, 2.45) is 5.73 Å². The number of rotatable bonds is 8. The smallest absolute Gasteiger partial charge is 0.357 e. The van der Waals surface area contributed by atoms with Gasteiger partial charge in [0.05, 0.1) is 6.61 Å². The minimum Gasteiger partial charge on any atom is -0.461 e. The highest BCUT2D eigenvalue weighted by atomic mass is 32.1. The van der Waals surface area contributed by atoms with Gasteiger partial charge in [0.1, 0.15) is 4.99 Å².